The summed E-state index contributed by atoms with van der Waals surface area (Å²) in [6.45, 7) is 11.8. The van der Waals surface area contributed by atoms with E-state index in [0.29, 0.717) is 11.6 Å². The average molecular weight is 379 g/mol. The SMILES string of the molecule is CCn1cc(CN2CCN(C(=O)C(C)Cn3cc(Cl)cn3)CC2)c(C)n1. The zero-order valence-corrected chi connectivity index (χ0v) is 16.5. The fourth-order valence-corrected chi connectivity index (χ4v) is 3.51. The minimum atomic E-state index is -0.109. The van der Waals surface area contributed by atoms with Crippen LogP contribution in [0.3, 0.4) is 0 Å². The van der Waals surface area contributed by atoms with E-state index in [1.165, 1.54) is 5.56 Å². The molecule has 0 aromatic carbocycles. The van der Waals surface area contributed by atoms with Crippen molar-refractivity contribution in [3.8, 4) is 0 Å². The van der Waals surface area contributed by atoms with Crippen LogP contribution in [0.25, 0.3) is 0 Å². The summed E-state index contributed by atoms with van der Waals surface area (Å²) in [5, 5.41) is 9.26. The number of hydrogen-bond acceptors (Lipinski definition) is 4. The van der Waals surface area contributed by atoms with Crippen LogP contribution in [0.15, 0.2) is 18.6 Å². The van der Waals surface area contributed by atoms with Crippen LogP contribution < -0.4 is 0 Å². The van der Waals surface area contributed by atoms with Crippen LogP contribution in [0.4, 0.5) is 0 Å². The van der Waals surface area contributed by atoms with Gasteiger partial charge in [0.2, 0.25) is 5.91 Å². The Bertz CT molecular complexity index is 747. The lowest BCUT2D eigenvalue weighted by molar-refractivity contribution is -0.137. The lowest BCUT2D eigenvalue weighted by Crippen LogP contribution is -2.50. The molecule has 1 saturated heterocycles. The van der Waals surface area contributed by atoms with Crippen molar-refractivity contribution in [2.24, 2.45) is 5.92 Å². The smallest absolute Gasteiger partial charge is 0.227 e. The van der Waals surface area contributed by atoms with E-state index in [0.717, 1.165) is 45.0 Å². The van der Waals surface area contributed by atoms with E-state index in [1.54, 1.807) is 17.1 Å². The maximum absolute atomic E-state index is 12.7. The Hall–Kier alpha value is -1.86. The van der Waals surface area contributed by atoms with Gasteiger partial charge in [0.05, 0.1) is 29.4 Å². The van der Waals surface area contributed by atoms with Gasteiger partial charge in [0, 0.05) is 57.2 Å². The fourth-order valence-electron chi connectivity index (χ4n) is 3.35. The lowest BCUT2D eigenvalue weighted by atomic mass is 10.1. The highest BCUT2D eigenvalue weighted by Gasteiger charge is 2.25. The van der Waals surface area contributed by atoms with E-state index in [9.17, 15) is 4.79 Å². The van der Waals surface area contributed by atoms with E-state index >= 15 is 0 Å². The summed E-state index contributed by atoms with van der Waals surface area (Å²) in [5.74, 6) is 0.0776. The molecular formula is C18H27ClN6O. The zero-order chi connectivity index (χ0) is 18.7. The van der Waals surface area contributed by atoms with Gasteiger partial charge in [-0.25, -0.2) is 0 Å². The number of rotatable bonds is 6. The van der Waals surface area contributed by atoms with Gasteiger partial charge in [-0.3, -0.25) is 19.1 Å². The number of aryl methyl sites for hydroxylation is 2. The zero-order valence-electron chi connectivity index (χ0n) is 15.7. The predicted molar refractivity (Wildman–Crippen MR) is 101 cm³/mol. The molecule has 0 bridgehead atoms. The molecule has 142 valence electrons. The van der Waals surface area contributed by atoms with Gasteiger partial charge in [-0.05, 0) is 13.8 Å². The first-order valence-electron chi connectivity index (χ1n) is 9.18. The normalized spacial score (nSPS) is 16.8. The van der Waals surface area contributed by atoms with E-state index in [-0.39, 0.29) is 11.8 Å². The van der Waals surface area contributed by atoms with Gasteiger partial charge in [-0.2, -0.15) is 10.2 Å². The van der Waals surface area contributed by atoms with Crippen molar-refractivity contribution < 1.29 is 4.79 Å². The van der Waals surface area contributed by atoms with Crippen LogP contribution in [-0.2, 0) is 24.4 Å². The van der Waals surface area contributed by atoms with E-state index in [4.69, 9.17) is 11.6 Å². The van der Waals surface area contributed by atoms with E-state index in [2.05, 4.69) is 35.1 Å². The second-order valence-electron chi connectivity index (χ2n) is 6.98. The van der Waals surface area contributed by atoms with Gasteiger partial charge < -0.3 is 4.90 Å². The first kappa shape index (κ1) is 18.9. The Labute approximate surface area is 159 Å². The fraction of sp³-hybridized carbons (Fsp3) is 0.611. The monoisotopic (exact) mass is 378 g/mol. The van der Waals surface area contributed by atoms with Crippen LogP contribution >= 0.6 is 11.6 Å². The van der Waals surface area contributed by atoms with Crippen molar-refractivity contribution in [2.45, 2.75) is 40.4 Å². The van der Waals surface area contributed by atoms with E-state index < -0.39 is 0 Å². The summed E-state index contributed by atoms with van der Waals surface area (Å²) >= 11 is 5.89. The molecule has 0 spiro atoms. The maximum atomic E-state index is 12.7. The summed E-state index contributed by atoms with van der Waals surface area (Å²) in [7, 11) is 0. The molecule has 0 radical (unpaired) electrons. The van der Waals surface area contributed by atoms with Crippen LogP contribution in [0.5, 0.6) is 0 Å². The Balaban J connectivity index is 1.49. The van der Waals surface area contributed by atoms with Crippen molar-refractivity contribution in [2.75, 3.05) is 26.2 Å². The lowest BCUT2D eigenvalue weighted by Gasteiger charge is -2.35. The summed E-state index contributed by atoms with van der Waals surface area (Å²) < 4.78 is 3.71. The quantitative estimate of drug-likeness (QED) is 0.771. The molecule has 1 fully saturated rings. The van der Waals surface area contributed by atoms with Gasteiger partial charge in [-0.1, -0.05) is 18.5 Å². The summed E-state index contributed by atoms with van der Waals surface area (Å²) in [5.41, 5.74) is 2.37. The first-order chi connectivity index (χ1) is 12.5. The van der Waals surface area contributed by atoms with Crippen molar-refractivity contribution >= 4 is 17.5 Å². The molecular weight excluding hydrogens is 352 g/mol. The Morgan fingerprint density at radius 2 is 1.96 bits per heavy atom. The molecule has 3 rings (SSSR count). The molecule has 3 heterocycles. The number of carbonyl (C=O) groups is 1. The van der Waals surface area contributed by atoms with Gasteiger partial charge in [0.15, 0.2) is 0 Å². The van der Waals surface area contributed by atoms with Crippen LogP contribution in [0.1, 0.15) is 25.1 Å². The molecule has 7 nitrogen and oxygen atoms in total. The minimum Gasteiger partial charge on any atom is -0.340 e. The van der Waals surface area contributed by atoms with Gasteiger partial charge in [-0.15, -0.1) is 0 Å². The third kappa shape index (κ3) is 4.45. The molecule has 8 heteroatoms. The van der Waals surface area contributed by atoms with Gasteiger partial charge >= 0.3 is 0 Å². The molecule has 2 aromatic rings. The molecule has 1 unspecified atom stereocenters. The standard InChI is InChI=1S/C18H27ClN6O/c1-4-24-12-16(15(3)21-24)11-22-5-7-23(8-6-22)18(26)14(2)10-25-13-17(19)9-20-25/h9,12-14H,4-8,10-11H2,1-3H3. The first-order valence-corrected chi connectivity index (χ1v) is 9.56. The highest BCUT2D eigenvalue weighted by atomic mass is 35.5. The second kappa shape index (κ2) is 8.22. The molecule has 0 aliphatic carbocycles. The minimum absolute atomic E-state index is 0.109. The average Bonchev–Trinajstić information content (AvgIpc) is 3.20. The van der Waals surface area contributed by atoms with Crippen molar-refractivity contribution in [1.29, 1.82) is 0 Å². The Morgan fingerprint density at radius 1 is 1.23 bits per heavy atom. The number of amides is 1. The molecule has 1 aliphatic heterocycles. The molecule has 1 atom stereocenters. The van der Waals surface area contributed by atoms with Crippen molar-refractivity contribution in [3.63, 3.8) is 0 Å². The van der Waals surface area contributed by atoms with Gasteiger partial charge in [0.25, 0.3) is 0 Å². The Morgan fingerprint density at radius 3 is 2.54 bits per heavy atom. The predicted octanol–water partition coefficient (Wildman–Crippen LogP) is 2.04. The molecule has 0 saturated carbocycles. The maximum Gasteiger partial charge on any atom is 0.227 e. The molecule has 1 amide bonds. The number of nitrogens with zero attached hydrogens (tertiary/aromatic N) is 6. The number of carbonyl (C=O) groups excluding carboxylic acids is 1. The van der Waals surface area contributed by atoms with Crippen LogP contribution in [0, 0.1) is 12.8 Å². The topological polar surface area (TPSA) is 59.2 Å². The third-order valence-electron chi connectivity index (χ3n) is 4.93. The summed E-state index contributed by atoms with van der Waals surface area (Å²) in [4.78, 5) is 17.1. The van der Waals surface area contributed by atoms with Crippen molar-refractivity contribution in [3.05, 3.63) is 34.9 Å². The molecule has 2 aromatic heterocycles. The number of piperazine rings is 1. The summed E-state index contributed by atoms with van der Waals surface area (Å²) in [6, 6.07) is 0. The highest BCUT2D eigenvalue weighted by Crippen LogP contribution is 2.14. The third-order valence-corrected chi connectivity index (χ3v) is 5.13. The highest BCUT2D eigenvalue weighted by molar-refractivity contribution is 6.30. The van der Waals surface area contributed by atoms with Crippen molar-refractivity contribution in [1.82, 2.24) is 29.4 Å². The van der Waals surface area contributed by atoms with Crippen LogP contribution in [0.2, 0.25) is 5.02 Å². The van der Waals surface area contributed by atoms with E-state index in [1.807, 2.05) is 16.5 Å². The number of halogens is 1. The molecule has 0 N–H and O–H groups in total. The Kier molecular flexibility index (Phi) is 5.98. The molecule has 1 aliphatic rings. The largest absolute Gasteiger partial charge is 0.340 e. The van der Waals surface area contributed by atoms with Crippen LogP contribution in [-0.4, -0.2) is 61.4 Å². The summed E-state index contributed by atoms with van der Waals surface area (Å²) in [6.07, 6.45) is 5.48. The molecule has 26 heavy (non-hydrogen) atoms. The number of hydrogen-bond donors (Lipinski definition) is 0. The van der Waals surface area contributed by atoms with Gasteiger partial charge in [0.1, 0.15) is 0 Å². The second-order valence-corrected chi connectivity index (χ2v) is 7.41. The number of aromatic nitrogens is 4.